The topological polar surface area (TPSA) is 46.3 Å². The number of rotatable bonds is 3. The summed E-state index contributed by atoms with van der Waals surface area (Å²) in [6.45, 7) is 3.48. The van der Waals surface area contributed by atoms with Gasteiger partial charge in [0.25, 0.3) is 0 Å². The van der Waals surface area contributed by atoms with Crippen molar-refractivity contribution in [3.05, 3.63) is 35.9 Å². The quantitative estimate of drug-likeness (QED) is 0.884. The molecule has 2 rings (SSSR count). The first kappa shape index (κ1) is 13.1. The van der Waals surface area contributed by atoms with Crippen molar-refractivity contribution >= 4 is 5.91 Å². The number of piperidine rings is 1. The van der Waals surface area contributed by atoms with Crippen LogP contribution in [-0.2, 0) is 11.2 Å². The van der Waals surface area contributed by atoms with Gasteiger partial charge in [0.15, 0.2) is 0 Å². The molecule has 18 heavy (non-hydrogen) atoms. The molecule has 0 aromatic heterocycles. The van der Waals surface area contributed by atoms with Gasteiger partial charge in [-0.25, -0.2) is 0 Å². The molecule has 1 heterocycles. The van der Waals surface area contributed by atoms with Crippen molar-refractivity contribution in [3.63, 3.8) is 0 Å². The van der Waals surface area contributed by atoms with E-state index >= 15 is 0 Å². The largest absolute Gasteiger partial charge is 0.341 e. The molecule has 1 atom stereocenters. The Morgan fingerprint density at radius 1 is 1.33 bits per heavy atom. The third kappa shape index (κ3) is 3.33. The van der Waals surface area contributed by atoms with Gasteiger partial charge in [0, 0.05) is 13.1 Å². The van der Waals surface area contributed by atoms with Gasteiger partial charge in [-0.3, -0.25) is 4.79 Å². The summed E-state index contributed by atoms with van der Waals surface area (Å²) >= 11 is 0. The number of hydrogen-bond acceptors (Lipinski definition) is 2. The molecule has 3 nitrogen and oxygen atoms in total. The molecular formula is C15H22N2O. The first-order chi connectivity index (χ1) is 8.66. The van der Waals surface area contributed by atoms with Gasteiger partial charge in [0.2, 0.25) is 5.91 Å². The third-order valence-corrected chi connectivity index (χ3v) is 3.68. The molecule has 3 heteroatoms. The number of benzene rings is 1. The molecular weight excluding hydrogens is 224 g/mol. The molecule has 0 spiro atoms. The van der Waals surface area contributed by atoms with E-state index < -0.39 is 0 Å². The van der Waals surface area contributed by atoms with Gasteiger partial charge in [0.05, 0.1) is 6.04 Å². The van der Waals surface area contributed by atoms with Gasteiger partial charge in [0.1, 0.15) is 0 Å². The second-order valence-electron chi connectivity index (χ2n) is 5.25. The number of nitrogens with zero attached hydrogens (tertiary/aromatic N) is 1. The number of likely N-dealkylation sites (tertiary alicyclic amines) is 1. The molecule has 1 amide bonds. The Hall–Kier alpha value is -1.35. The summed E-state index contributed by atoms with van der Waals surface area (Å²) in [5.74, 6) is 0.790. The van der Waals surface area contributed by atoms with E-state index in [1.54, 1.807) is 6.92 Å². The van der Waals surface area contributed by atoms with E-state index in [0.29, 0.717) is 5.92 Å². The fourth-order valence-electron chi connectivity index (χ4n) is 2.59. The van der Waals surface area contributed by atoms with Gasteiger partial charge in [-0.15, -0.1) is 0 Å². The Bertz CT molecular complexity index is 381. The van der Waals surface area contributed by atoms with Crippen molar-refractivity contribution in [1.82, 2.24) is 4.90 Å². The normalized spacial score (nSPS) is 18.7. The van der Waals surface area contributed by atoms with Crippen LogP contribution in [0.2, 0.25) is 0 Å². The van der Waals surface area contributed by atoms with Crippen LogP contribution in [0.3, 0.4) is 0 Å². The van der Waals surface area contributed by atoms with Crippen LogP contribution in [0.15, 0.2) is 30.3 Å². The molecule has 98 valence electrons. The van der Waals surface area contributed by atoms with Crippen LogP contribution in [0.25, 0.3) is 0 Å². The summed E-state index contributed by atoms with van der Waals surface area (Å²) in [4.78, 5) is 13.7. The fourth-order valence-corrected chi connectivity index (χ4v) is 2.59. The minimum atomic E-state index is -0.365. The molecule has 1 aromatic rings. The summed E-state index contributed by atoms with van der Waals surface area (Å²) in [5, 5.41) is 0. The lowest BCUT2D eigenvalue weighted by molar-refractivity contribution is -0.133. The van der Waals surface area contributed by atoms with Crippen LogP contribution in [0.4, 0.5) is 0 Å². The van der Waals surface area contributed by atoms with Crippen molar-refractivity contribution in [1.29, 1.82) is 0 Å². The molecule has 0 bridgehead atoms. The highest BCUT2D eigenvalue weighted by molar-refractivity contribution is 5.81. The highest BCUT2D eigenvalue weighted by Gasteiger charge is 2.24. The highest BCUT2D eigenvalue weighted by Crippen LogP contribution is 2.21. The van der Waals surface area contributed by atoms with Gasteiger partial charge >= 0.3 is 0 Å². The monoisotopic (exact) mass is 246 g/mol. The molecule has 1 aliphatic rings. The molecule has 0 unspecified atom stereocenters. The number of hydrogen-bond donors (Lipinski definition) is 1. The second kappa shape index (κ2) is 6.01. The summed E-state index contributed by atoms with van der Waals surface area (Å²) in [6, 6.07) is 10.2. The SMILES string of the molecule is C[C@@H](N)C(=O)N1CCC(Cc2ccccc2)CC1. The molecule has 0 radical (unpaired) electrons. The predicted molar refractivity (Wildman–Crippen MR) is 73.1 cm³/mol. The van der Waals surface area contributed by atoms with Gasteiger partial charge in [-0.2, -0.15) is 0 Å². The zero-order chi connectivity index (χ0) is 13.0. The Balaban J connectivity index is 1.82. The Kier molecular flexibility index (Phi) is 4.37. The first-order valence-corrected chi connectivity index (χ1v) is 6.75. The molecule has 2 N–H and O–H groups in total. The van der Waals surface area contributed by atoms with Crippen LogP contribution in [0, 0.1) is 5.92 Å². The zero-order valence-electron chi connectivity index (χ0n) is 11.0. The van der Waals surface area contributed by atoms with Gasteiger partial charge in [-0.05, 0) is 37.7 Å². The van der Waals surface area contributed by atoms with Crippen molar-refractivity contribution in [3.8, 4) is 0 Å². The molecule has 0 aliphatic carbocycles. The van der Waals surface area contributed by atoms with E-state index in [4.69, 9.17) is 5.73 Å². The summed E-state index contributed by atoms with van der Waals surface area (Å²) in [7, 11) is 0. The number of carbonyl (C=O) groups excluding carboxylic acids is 1. The second-order valence-corrected chi connectivity index (χ2v) is 5.25. The van der Waals surface area contributed by atoms with Crippen molar-refractivity contribution in [2.75, 3.05) is 13.1 Å². The van der Waals surface area contributed by atoms with Crippen LogP contribution in [0.1, 0.15) is 25.3 Å². The Morgan fingerprint density at radius 2 is 1.94 bits per heavy atom. The van der Waals surface area contributed by atoms with Crippen LogP contribution in [0.5, 0.6) is 0 Å². The molecule has 1 fully saturated rings. The van der Waals surface area contributed by atoms with Crippen LogP contribution in [-0.4, -0.2) is 29.9 Å². The van der Waals surface area contributed by atoms with E-state index in [1.165, 1.54) is 5.56 Å². The van der Waals surface area contributed by atoms with Crippen molar-refractivity contribution < 1.29 is 4.79 Å². The predicted octanol–water partition coefficient (Wildman–Crippen LogP) is 1.81. The number of nitrogens with two attached hydrogens (primary N) is 1. The lowest BCUT2D eigenvalue weighted by Gasteiger charge is -2.33. The first-order valence-electron chi connectivity index (χ1n) is 6.75. The van der Waals surface area contributed by atoms with Crippen LogP contribution < -0.4 is 5.73 Å². The maximum atomic E-state index is 11.8. The highest BCUT2D eigenvalue weighted by atomic mass is 16.2. The lowest BCUT2D eigenvalue weighted by atomic mass is 9.90. The van der Waals surface area contributed by atoms with Crippen molar-refractivity contribution in [2.24, 2.45) is 11.7 Å². The minimum Gasteiger partial charge on any atom is -0.341 e. The Labute approximate surface area is 109 Å². The Morgan fingerprint density at radius 3 is 2.50 bits per heavy atom. The smallest absolute Gasteiger partial charge is 0.239 e. The third-order valence-electron chi connectivity index (χ3n) is 3.68. The average molecular weight is 246 g/mol. The minimum absolute atomic E-state index is 0.0909. The maximum Gasteiger partial charge on any atom is 0.239 e. The summed E-state index contributed by atoms with van der Waals surface area (Å²) < 4.78 is 0. The molecule has 1 aromatic carbocycles. The van der Waals surface area contributed by atoms with E-state index in [9.17, 15) is 4.79 Å². The fraction of sp³-hybridized carbons (Fsp3) is 0.533. The van der Waals surface area contributed by atoms with Gasteiger partial charge in [-0.1, -0.05) is 30.3 Å². The lowest BCUT2D eigenvalue weighted by Crippen LogP contribution is -2.46. The van der Waals surface area contributed by atoms with E-state index in [2.05, 4.69) is 24.3 Å². The number of carbonyl (C=O) groups is 1. The van der Waals surface area contributed by atoms with E-state index in [1.807, 2.05) is 11.0 Å². The van der Waals surface area contributed by atoms with Crippen molar-refractivity contribution in [2.45, 2.75) is 32.2 Å². The van der Waals surface area contributed by atoms with E-state index in [0.717, 1.165) is 32.4 Å². The van der Waals surface area contributed by atoms with E-state index in [-0.39, 0.29) is 11.9 Å². The molecule has 0 saturated carbocycles. The summed E-state index contributed by atoms with van der Waals surface area (Å²) in [5.41, 5.74) is 7.03. The molecule has 1 aliphatic heterocycles. The molecule has 1 saturated heterocycles. The number of amides is 1. The van der Waals surface area contributed by atoms with Crippen LogP contribution >= 0.6 is 0 Å². The standard InChI is InChI=1S/C15H22N2O/c1-12(16)15(18)17-9-7-14(8-10-17)11-13-5-3-2-4-6-13/h2-6,12,14H,7-11,16H2,1H3/t12-/m1/s1. The van der Waals surface area contributed by atoms with Gasteiger partial charge < -0.3 is 10.6 Å². The maximum absolute atomic E-state index is 11.8. The summed E-state index contributed by atoms with van der Waals surface area (Å²) in [6.07, 6.45) is 3.31. The average Bonchev–Trinajstić information content (AvgIpc) is 2.40. The zero-order valence-corrected chi connectivity index (χ0v) is 11.0.